The van der Waals surface area contributed by atoms with Crippen LogP contribution in [0.2, 0.25) is 0 Å². The molecule has 0 aliphatic carbocycles. The van der Waals surface area contributed by atoms with Crippen molar-refractivity contribution in [3.05, 3.63) is 48.3 Å². The van der Waals surface area contributed by atoms with E-state index in [1.807, 2.05) is 24.3 Å². The molecule has 0 aromatic carbocycles. The van der Waals surface area contributed by atoms with E-state index in [0.29, 0.717) is 12.5 Å². The summed E-state index contributed by atoms with van der Waals surface area (Å²) in [5.41, 5.74) is 1.10. The van der Waals surface area contributed by atoms with E-state index in [2.05, 4.69) is 32.8 Å². The molecule has 1 aliphatic rings. The first-order chi connectivity index (χ1) is 11.3. The van der Waals surface area contributed by atoms with Gasteiger partial charge in [0.05, 0.1) is 0 Å². The molecule has 2 aromatic rings. The summed E-state index contributed by atoms with van der Waals surface area (Å²) in [5.74, 6) is 1.68. The van der Waals surface area contributed by atoms with E-state index in [1.54, 1.807) is 12.4 Å². The molecule has 0 N–H and O–H groups in total. The van der Waals surface area contributed by atoms with Crippen molar-refractivity contribution in [2.75, 3.05) is 37.6 Å². The van der Waals surface area contributed by atoms with Gasteiger partial charge in [0.15, 0.2) is 0 Å². The van der Waals surface area contributed by atoms with Crippen LogP contribution in [0.25, 0.3) is 0 Å². The number of aromatic nitrogens is 2. The van der Waals surface area contributed by atoms with Gasteiger partial charge in [-0.3, -0.25) is 9.88 Å². The lowest BCUT2D eigenvalue weighted by Crippen LogP contribution is -2.46. The molecule has 0 saturated carbocycles. The van der Waals surface area contributed by atoms with Crippen molar-refractivity contribution in [1.29, 1.82) is 0 Å². The summed E-state index contributed by atoms with van der Waals surface area (Å²) in [5, 5.41) is 0. The van der Waals surface area contributed by atoms with Gasteiger partial charge in [0, 0.05) is 44.6 Å². The van der Waals surface area contributed by atoms with Crippen molar-refractivity contribution in [2.45, 2.75) is 20.0 Å². The lowest BCUT2D eigenvalue weighted by molar-refractivity contribution is 0.257. The molecule has 0 radical (unpaired) electrons. The minimum atomic E-state index is 0.517. The molecule has 0 bridgehead atoms. The minimum Gasteiger partial charge on any atom is -0.473 e. The molecule has 0 spiro atoms. The number of piperazine rings is 1. The quantitative estimate of drug-likeness (QED) is 0.820. The fourth-order valence-corrected chi connectivity index (χ4v) is 2.81. The van der Waals surface area contributed by atoms with Crippen LogP contribution in [0, 0.1) is 0 Å². The van der Waals surface area contributed by atoms with Gasteiger partial charge in [-0.2, -0.15) is 4.98 Å². The molecule has 1 fully saturated rings. The van der Waals surface area contributed by atoms with Crippen LogP contribution in [0.3, 0.4) is 0 Å². The highest BCUT2D eigenvalue weighted by molar-refractivity contribution is 5.41. The molecular formula is C18H24N4O. The van der Waals surface area contributed by atoms with Gasteiger partial charge < -0.3 is 9.64 Å². The Morgan fingerprint density at radius 2 is 1.83 bits per heavy atom. The van der Waals surface area contributed by atoms with Crippen LogP contribution >= 0.6 is 0 Å². The fraction of sp³-hybridized carbons (Fsp3) is 0.444. The Balaban J connectivity index is 1.57. The van der Waals surface area contributed by atoms with Crippen LogP contribution in [0.5, 0.6) is 5.88 Å². The van der Waals surface area contributed by atoms with E-state index in [4.69, 9.17) is 4.74 Å². The zero-order valence-corrected chi connectivity index (χ0v) is 13.7. The third-order valence-electron chi connectivity index (χ3n) is 4.08. The van der Waals surface area contributed by atoms with E-state index in [1.165, 1.54) is 13.0 Å². The first-order valence-electron chi connectivity index (χ1n) is 8.31. The third kappa shape index (κ3) is 4.42. The van der Waals surface area contributed by atoms with E-state index in [-0.39, 0.29) is 0 Å². The second-order valence-corrected chi connectivity index (χ2v) is 5.81. The molecule has 3 rings (SSSR count). The molecule has 0 amide bonds. The number of nitrogens with zero attached hydrogens (tertiary/aromatic N) is 4. The lowest BCUT2D eigenvalue weighted by atomic mass is 10.3. The Labute approximate surface area is 137 Å². The summed E-state index contributed by atoms with van der Waals surface area (Å²) in [6.07, 6.45) is 4.77. The van der Waals surface area contributed by atoms with Crippen LogP contribution in [-0.4, -0.2) is 47.6 Å². The summed E-state index contributed by atoms with van der Waals surface area (Å²) >= 11 is 0. The lowest BCUT2D eigenvalue weighted by Gasteiger charge is -2.35. The minimum absolute atomic E-state index is 0.517. The number of rotatable bonds is 6. The van der Waals surface area contributed by atoms with Crippen molar-refractivity contribution in [2.24, 2.45) is 0 Å². The molecule has 1 aliphatic heterocycles. The number of ether oxygens (including phenoxy) is 1. The van der Waals surface area contributed by atoms with Crippen molar-refractivity contribution >= 4 is 5.82 Å². The average Bonchev–Trinajstić information content (AvgIpc) is 2.62. The number of anilines is 1. The molecule has 5 heteroatoms. The molecule has 3 heterocycles. The zero-order valence-electron chi connectivity index (χ0n) is 13.7. The first kappa shape index (κ1) is 15.7. The van der Waals surface area contributed by atoms with Crippen LogP contribution in [0.15, 0.2) is 42.7 Å². The molecule has 122 valence electrons. The Morgan fingerprint density at radius 3 is 2.57 bits per heavy atom. The monoisotopic (exact) mass is 312 g/mol. The Kier molecular flexibility index (Phi) is 5.42. The maximum absolute atomic E-state index is 5.81. The predicted octanol–water partition coefficient (Wildman–Crippen LogP) is 2.59. The van der Waals surface area contributed by atoms with Gasteiger partial charge in [-0.25, -0.2) is 0 Å². The standard InChI is InChI=1S/C18H24N4O/c1-2-10-21-11-13-22(14-12-21)17-4-3-5-18(20-17)23-15-16-6-8-19-9-7-16/h3-9H,2,10-15H2,1H3. The van der Waals surface area contributed by atoms with Crippen molar-refractivity contribution < 1.29 is 4.74 Å². The Bertz CT molecular complexity index is 597. The number of hydrogen-bond acceptors (Lipinski definition) is 5. The SMILES string of the molecule is CCCN1CCN(c2cccc(OCc3ccncc3)n2)CC1. The highest BCUT2D eigenvalue weighted by Gasteiger charge is 2.17. The van der Waals surface area contributed by atoms with Crippen molar-refractivity contribution in [3.8, 4) is 5.88 Å². The molecule has 0 unspecified atom stereocenters. The topological polar surface area (TPSA) is 41.5 Å². The summed E-state index contributed by atoms with van der Waals surface area (Å²) < 4.78 is 5.81. The zero-order chi connectivity index (χ0) is 15.9. The molecule has 0 atom stereocenters. The third-order valence-corrected chi connectivity index (χ3v) is 4.08. The van der Waals surface area contributed by atoms with Gasteiger partial charge in [-0.15, -0.1) is 0 Å². The number of hydrogen-bond donors (Lipinski definition) is 0. The van der Waals surface area contributed by atoms with Crippen molar-refractivity contribution in [1.82, 2.24) is 14.9 Å². The van der Waals surface area contributed by atoms with Crippen LogP contribution in [-0.2, 0) is 6.61 Å². The normalized spacial score (nSPS) is 15.6. The predicted molar refractivity (Wildman–Crippen MR) is 91.8 cm³/mol. The number of pyridine rings is 2. The average molecular weight is 312 g/mol. The van der Waals surface area contributed by atoms with Gasteiger partial charge in [0.1, 0.15) is 12.4 Å². The van der Waals surface area contributed by atoms with Crippen LogP contribution in [0.4, 0.5) is 5.82 Å². The second-order valence-electron chi connectivity index (χ2n) is 5.81. The molecule has 2 aromatic heterocycles. The summed E-state index contributed by atoms with van der Waals surface area (Å²) in [4.78, 5) is 13.5. The summed E-state index contributed by atoms with van der Waals surface area (Å²) in [6.45, 7) is 8.22. The molecule has 1 saturated heterocycles. The van der Waals surface area contributed by atoms with E-state index < -0.39 is 0 Å². The van der Waals surface area contributed by atoms with Crippen molar-refractivity contribution in [3.63, 3.8) is 0 Å². The first-order valence-corrected chi connectivity index (χ1v) is 8.31. The van der Waals surface area contributed by atoms with E-state index in [0.717, 1.165) is 37.6 Å². The van der Waals surface area contributed by atoms with E-state index in [9.17, 15) is 0 Å². The largest absolute Gasteiger partial charge is 0.473 e. The summed E-state index contributed by atoms with van der Waals surface area (Å²) in [6, 6.07) is 9.91. The van der Waals surface area contributed by atoms with Gasteiger partial charge in [-0.1, -0.05) is 13.0 Å². The molecular weight excluding hydrogens is 288 g/mol. The summed E-state index contributed by atoms with van der Waals surface area (Å²) in [7, 11) is 0. The van der Waals surface area contributed by atoms with Gasteiger partial charge in [0.2, 0.25) is 5.88 Å². The maximum Gasteiger partial charge on any atom is 0.215 e. The molecule has 5 nitrogen and oxygen atoms in total. The van der Waals surface area contributed by atoms with Crippen LogP contribution < -0.4 is 9.64 Å². The Hall–Kier alpha value is -2.14. The Morgan fingerprint density at radius 1 is 1.04 bits per heavy atom. The highest BCUT2D eigenvalue weighted by Crippen LogP contribution is 2.18. The maximum atomic E-state index is 5.81. The second kappa shape index (κ2) is 7.92. The fourth-order valence-electron chi connectivity index (χ4n) is 2.81. The molecule has 23 heavy (non-hydrogen) atoms. The van der Waals surface area contributed by atoms with E-state index >= 15 is 0 Å². The highest BCUT2D eigenvalue weighted by atomic mass is 16.5. The van der Waals surface area contributed by atoms with Gasteiger partial charge >= 0.3 is 0 Å². The van der Waals surface area contributed by atoms with Gasteiger partial charge in [-0.05, 0) is 36.7 Å². The van der Waals surface area contributed by atoms with Gasteiger partial charge in [0.25, 0.3) is 0 Å². The van der Waals surface area contributed by atoms with Crippen LogP contribution in [0.1, 0.15) is 18.9 Å². The smallest absolute Gasteiger partial charge is 0.215 e.